The van der Waals surface area contributed by atoms with Crippen molar-refractivity contribution in [1.29, 1.82) is 0 Å². The Morgan fingerprint density at radius 1 is 0.558 bits per heavy atom. The quantitative estimate of drug-likeness (QED) is 0.190. The largest absolute Gasteiger partial charge is 0.308 e. The topological polar surface area (TPSA) is 8.81 Å². The first kappa shape index (κ1) is 26.9. The van der Waals surface area contributed by atoms with Crippen LogP contribution in [0.1, 0.15) is 31.9 Å². The predicted octanol–water partition coefficient (Wildman–Crippen LogP) is 10.2. The Morgan fingerprint density at radius 3 is 1.65 bits per heavy atom. The molecule has 0 aliphatic heterocycles. The molecule has 0 aliphatic rings. The zero-order valence-corrected chi connectivity index (χ0v) is 25.6. The van der Waals surface area contributed by atoms with E-state index in [1.165, 1.54) is 66.4 Å². The number of aromatic nitrogens is 2. The molecule has 0 saturated heterocycles. The molecule has 43 heavy (non-hydrogen) atoms. The van der Waals surface area contributed by atoms with E-state index in [-0.39, 0.29) is 5.41 Å². The molecule has 0 N–H and O–H groups in total. The van der Waals surface area contributed by atoms with Crippen molar-refractivity contribution in [1.82, 2.24) is 4.57 Å². The minimum atomic E-state index is 0.0660. The molecular weight excluding hydrogens is 520 g/mol. The molecule has 7 rings (SSSR count). The summed E-state index contributed by atoms with van der Waals surface area (Å²) < 4.78 is 4.75. The van der Waals surface area contributed by atoms with Gasteiger partial charge in [-0.05, 0) is 46.7 Å². The molecule has 0 atom stereocenters. The van der Waals surface area contributed by atoms with Crippen molar-refractivity contribution in [3.05, 3.63) is 145 Å². The SMILES string of the molecule is Cc1ccc(-n2c3c(-c4ccccc4)cccc3c3cccc(-c4ccccc4)c32)cc1-c1cc(C(C)(C)C)cc[n+]1C. The van der Waals surface area contributed by atoms with Crippen LogP contribution in [0.4, 0.5) is 0 Å². The number of rotatable bonds is 4. The summed E-state index contributed by atoms with van der Waals surface area (Å²) in [6.07, 6.45) is 2.20. The van der Waals surface area contributed by atoms with Gasteiger partial charge in [0.1, 0.15) is 7.05 Å². The molecule has 0 radical (unpaired) electrons. The van der Waals surface area contributed by atoms with Crippen LogP contribution in [-0.4, -0.2) is 4.57 Å². The maximum absolute atomic E-state index is 2.51. The van der Waals surface area contributed by atoms with Crippen LogP contribution in [0.15, 0.2) is 134 Å². The van der Waals surface area contributed by atoms with Crippen LogP contribution in [0.25, 0.3) is 61.0 Å². The highest BCUT2D eigenvalue weighted by atomic mass is 15.0. The number of benzene rings is 5. The zero-order valence-electron chi connectivity index (χ0n) is 25.6. The summed E-state index contributed by atoms with van der Waals surface area (Å²) in [4.78, 5) is 0. The van der Waals surface area contributed by atoms with Gasteiger partial charge in [0, 0.05) is 39.7 Å². The van der Waals surface area contributed by atoms with Crippen molar-refractivity contribution in [2.75, 3.05) is 0 Å². The second kappa shape index (κ2) is 10.4. The highest BCUT2D eigenvalue weighted by molar-refractivity contribution is 6.17. The lowest BCUT2D eigenvalue weighted by molar-refractivity contribution is -0.660. The van der Waals surface area contributed by atoms with E-state index in [4.69, 9.17) is 0 Å². The summed E-state index contributed by atoms with van der Waals surface area (Å²) in [6, 6.07) is 46.6. The van der Waals surface area contributed by atoms with Crippen molar-refractivity contribution in [3.8, 4) is 39.2 Å². The van der Waals surface area contributed by atoms with Crippen molar-refractivity contribution < 1.29 is 4.57 Å². The van der Waals surface area contributed by atoms with E-state index in [1.54, 1.807) is 0 Å². The number of fused-ring (bicyclic) bond motifs is 3. The molecule has 0 fully saturated rings. The van der Waals surface area contributed by atoms with E-state index in [1.807, 2.05) is 0 Å². The third-order valence-electron chi connectivity index (χ3n) is 8.75. The lowest BCUT2D eigenvalue weighted by Gasteiger charge is -2.19. The first-order valence-electron chi connectivity index (χ1n) is 15.1. The fraction of sp³-hybridized carbons (Fsp3) is 0.146. The molecule has 210 valence electrons. The van der Waals surface area contributed by atoms with Crippen LogP contribution >= 0.6 is 0 Å². The first-order chi connectivity index (χ1) is 20.8. The minimum absolute atomic E-state index is 0.0660. The number of para-hydroxylation sites is 2. The van der Waals surface area contributed by atoms with Crippen molar-refractivity contribution in [2.24, 2.45) is 7.05 Å². The summed E-state index contributed by atoms with van der Waals surface area (Å²) >= 11 is 0. The van der Waals surface area contributed by atoms with Crippen LogP contribution in [0, 0.1) is 6.92 Å². The van der Waals surface area contributed by atoms with Gasteiger partial charge < -0.3 is 4.57 Å². The van der Waals surface area contributed by atoms with Gasteiger partial charge in [-0.15, -0.1) is 0 Å². The van der Waals surface area contributed by atoms with Gasteiger partial charge in [-0.3, -0.25) is 0 Å². The molecular formula is C41H37N2+. The van der Waals surface area contributed by atoms with Crippen molar-refractivity contribution >= 4 is 21.8 Å². The van der Waals surface area contributed by atoms with Gasteiger partial charge in [-0.2, -0.15) is 0 Å². The van der Waals surface area contributed by atoms with Gasteiger partial charge in [0.05, 0.1) is 16.6 Å². The number of hydrogen-bond donors (Lipinski definition) is 0. The predicted molar refractivity (Wildman–Crippen MR) is 182 cm³/mol. The molecule has 2 aromatic heterocycles. The van der Waals surface area contributed by atoms with Gasteiger partial charge in [0.15, 0.2) is 6.20 Å². The van der Waals surface area contributed by atoms with Crippen LogP contribution in [0.2, 0.25) is 0 Å². The third-order valence-corrected chi connectivity index (χ3v) is 8.75. The smallest absolute Gasteiger partial charge is 0.212 e. The maximum Gasteiger partial charge on any atom is 0.212 e. The van der Waals surface area contributed by atoms with Crippen LogP contribution in [0.5, 0.6) is 0 Å². The number of nitrogens with zero attached hydrogens (tertiary/aromatic N) is 2. The molecule has 2 heteroatoms. The number of pyridine rings is 1. The Labute approximate surface area is 254 Å². The highest BCUT2D eigenvalue weighted by Crippen LogP contribution is 2.42. The monoisotopic (exact) mass is 557 g/mol. The first-order valence-corrected chi connectivity index (χ1v) is 15.1. The third kappa shape index (κ3) is 4.64. The standard InChI is InChI=1S/C41H37N2/c1-28-22-23-32(27-37(28)38-26-31(41(2,3)4)24-25-42(38)5)43-39-33(29-14-8-6-9-15-29)18-12-20-35(39)36-21-13-19-34(40(36)43)30-16-10-7-11-17-30/h6-27H,1-5H3/q+1. The lowest BCUT2D eigenvalue weighted by Crippen LogP contribution is -2.32. The molecule has 0 aliphatic carbocycles. The molecule has 5 aromatic carbocycles. The molecule has 7 aromatic rings. The fourth-order valence-electron chi connectivity index (χ4n) is 6.40. The van der Waals surface area contributed by atoms with Gasteiger partial charge in [-0.25, -0.2) is 4.57 Å². The Balaban J connectivity index is 1.60. The van der Waals surface area contributed by atoms with E-state index in [0.29, 0.717) is 0 Å². The maximum atomic E-state index is 2.51. The van der Waals surface area contributed by atoms with E-state index < -0.39 is 0 Å². The highest BCUT2D eigenvalue weighted by Gasteiger charge is 2.23. The van der Waals surface area contributed by atoms with Gasteiger partial charge in [-0.1, -0.05) is 124 Å². The minimum Gasteiger partial charge on any atom is -0.308 e. The van der Waals surface area contributed by atoms with Gasteiger partial charge in [0.2, 0.25) is 5.69 Å². The second-order valence-electron chi connectivity index (χ2n) is 12.6. The number of aryl methyl sites for hydroxylation is 2. The van der Waals surface area contributed by atoms with Crippen molar-refractivity contribution in [2.45, 2.75) is 33.1 Å². The summed E-state index contributed by atoms with van der Waals surface area (Å²) in [5.41, 5.74) is 13.7. The van der Waals surface area contributed by atoms with Crippen molar-refractivity contribution in [3.63, 3.8) is 0 Å². The molecule has 0 saturated carbocycles. The molecule has 2 nitrogen and oxygen atoms in total. The molecule has 0 bridgehead atoms. The van der Waals surface area contributed by atoms with E-state index >= 15 is 0 Å². The summed E-state index contributed by atoms with van der Waals surface area (Å²) in [7, 11) is 2.15. The van der Waals surface area contributed by atoms with Gasteiger partial charge >= 0.3 is 0 Å². The number of hydrogen-bond acceptors (Lipinski definition) is 0. The molecule has 0 unspecified atom stereocenters. The van der Waals surface area contributed by atoms with Crippen LogP contribution < -0.4 is 4.57 Å². The molecule has 0 amide bonds. The Bertz CT molecular complexity index is 2010. The van der Waals surface area contributed by atoms with E-state index in [0.717, 1.165) is 5.69 Å². The van der Waals surface area contributed by atoms with E-state index in [9.17, 15) is 0 Å². The normalized spacial score (nSPS) is 11.8. The molecule has 0 spiro atoms. The lowest BCUT2D eigenvalue weighted by atomic mass is 9.86. The Kier molecular flexibility index (Phi) is 6.51. The zero-order chi connectivity index (χ0) is 29.7. The van der Waals surface area contributed by atoms with Gasteiger partial charge in [0.25, 0.3) is 0 Å². The Morgan fingerprint density at radius 2 is 1.12 bits per heavy atom. The average molecular weight is 558 g/mol. The molecule has 2 heterocycles. The fourth-order valence-corrected chi connectivity index (χ4v) is 6.40. The van der Waals surface area contributed by atoms with Crippen LogP contribution in [-0.2, 0) is 12.5 Å². The average Bonchev–Trinajstić information content (AvgIpc) is 3.37. The van der Waals surface area contributed by atoms with E-state index in [2.05, 4.69) is 177 Å². The second-order valence-corrected chi connectivity index (χ2v) is 12.6. The summed E-state index contributed by atoms with van der Waals surface area (Å²) in [6.45, 7) is 9.07. The summed E-state index contributed by atoms with van der Waals surface area (Å²) in [5, 5.41) is 2.52. The Hall–Kier alpha value is -4.95. The summed E-state index contributed by atoms with van der Waals surface area (Å²) in [5.74, 6) is 0. The van der Waals surface area contributed by atoms with Crippen LogP contribution in [0.3, 0.4) is 0 Å².